The molecule has 0 aliphatic carbocycles. The molecule has 0 aliphatic heterocycles. The van der Waals surface area contributed by atoms with Gasteiger partial charge in [0, 0.05) is 11.6 Å². The van der Waals surface area contributed by atoms with Crippen LogP contribution in [-0.4, -0.2) is 18.4 Å². The molecule has 0 saturated carbocycles. The zero-order valence-electron chi connectivity index (χ0n) is 10.00. The SMILES string of the molecule is COc1cccc(COc2cccc(C=O)c2)n1. The number of aldehydes is 1. The average Bonchev–Trinajstić information content (AvgIpc) is 2.45. The fraction of sp³-hybridized carbons (Fsp3) is 0.143. The summed E-state index contributed by atoms with van der Waals surface area (Å²) in [7, 11) is 1.57. The number of benzene rings is 1. The predicted octanol–water partition coefficient (Wildman–Crippen LogP) is 2.48. The quantitative estimate of drug-likeness (QED) is 0.757. The van der Waals surface area contributed by atoms with Crippen LogP contribution in [0.5, 0.6) is 11.6 Å². The van der Waals surface area contributed by atoms with Crippen molar-refractivity contribution in [2.24, 2.45) is 0 Å². The predicted molar refractivity (Wildman–Crippen MR) is 67.0 cm³/mol. The molecule has 2 rings (SSSR count). The molecule has 1 aromatic carbocycles. The Labute approximate surface area is 105 Å². The van der Waals surface area contributed by atoms with Gasteiger partial charge in [-0.15, -0.1) is 0 Å². The lowest BCUT2D eigenvalue weighted by Gasteiger charge is -2.07. The van der Waals surface area contributed by atoms with Gasteiger partial charge in [-0.3, -0.25) is 4.79 Å². The Morgan fingerprint density at radius 1 is 1.22 bits per heavy atom. The van der Waals surface area contributed by atoms with Crippen molar-refractivity contribution in [1.82, 2.24) is 4.98 Å². The Balaban J connectivity index is 2.03. The van der Waals surface area contributed by atoms with Gasteiger partial charge in [0.25, 0.3) is 0 Å². The van der Waals surface area contributed by atoms with Crippen molar-refractivity contribution < 1.29 is 14.3 Å². The first kappa shape index (κ1) is 12.1. The summed E-state index contributed by atoms with van der Waals surface area (Å²) in [4.78, 5) is 14.9. The van der Waals surface area contributed by atoms with E-state index in [1.165, 1.54) is 0 Å². The largest absolute Gasteiger partial charge is 0.487 e. The van der Waals surface area contributed by atoms with Crippen molar-refractivity contribution in [2.45, 2.75) is 6.61 Å². The van der Waals surface area contributed by atoms with Crippen molar-refractivity contribution in [3.63, 3.8) is 0 Å². The van der Waals surface area contributed by atoms with E-state index < -0.39 is 0 Å². The zero-order chi connectivity index (χ0) is 12.8. The van der Waals surface area contributed by atoms with Crippen molar-refractivity contribution >= 4 is 6.29 Å². The maximum atomic E-state index is 10.6. The molecular weight excluding hydrogens is 230 g/mol. The highest BCUT2D eigenvalue weighted by Crippen LogP contribution is 2.14. The number of ether oxygens (including phenoxy) is 2. The van der Waals surface area contributed by atoms with Crippen molar-refractivity contribution in [2.75, 3.05) is 7.11 Å². The molecule has 0 spiro atoms. The summed E-state index contributed by atoms with van der Waals surface area (Å²) in [5.74, 6) is 1.20. The van der Waals surface area contributed by atoms with Gasteiger partial charge in [0.05, 0.1) is 12.8 Å². The molecule has 4 heteroatoms. The van der Waals surface area contributed by atoms with Gasteiger partial charge in [-0.1, -0.05) is 18.2 Å². The van der Waals surface area contributed by atoms with Crippen molar-refractivity contribution in [3.8, 4) is 11.6 Å². The van der Waals surface area contributed by atoms with E-state index in [1.807, 2.05) is 12.1 Å². The van der Waals surface area contributed by atoms with E-state index in [1.54, 1.807) is 37.4 Å². The molecule has 0 unspecified atom stereocenters. The minimum Gasteiger partial charge on any atom is -0.487 e. The molecule has 92 valence electrons. The van der Waals surface area contributed by atoms with Gasteiger partial charge >= 0.3 is 0 Å². The Morgan fingerprint density at radius 3 is 2.83 bits per heavy atom. The van der Waals surface area contributed by atoms with Gasteiger partial charge in [-0.25, -0.2) is 4.98 Å². The molecule has 1 heterocycles. The second kappa shape index (κ2) is 5.82. The maximum absolute atomic E-state index is 10.6. The molecule has 0 aliphatic rings. The van der Waals surface area contributed by atoms with E-state index in [4.69, 9.17) is 9.47 Å². The third-order valence-electron chi connectivity index (χ3n) is 2.37. The number of hydrogen-bond donors (Lipinski definition) is 0. The van der Waals surface area contributed by atoms with Gasteiger partial charge in [0.15, 0.2) is 0 Å². The molecule has 2 aromatic rings. The molecule has 0 bridgehead atoms. The van der Waals surface area contributed by atoms with Crippen LogP contribution in [-0.2, 0) is 6.61 Å². The lowest BCUT2D eigenvalue weighted by Crippen LogP contribution is -1.99. The number of carbonyl (C=O) groups is 1. The minimum absolute atomic E-state index is 0.333. The molecule has 0 atom stereocenters. The fourth-order valence-corrected chi connectivity index (χ4v) is 1.49. The van der Waals surface area contributed by atoms with E-state index in [0.717, 1.165) is 12.0 Å². The smallest absolute Gasteiger partial charge is 0.213 e. The standard InChI is InChI=1S/C14H13NO3/c1-17-14-7-3-5-12(15-14)10-18-13-6-2-4-11(8-13)9-16/h2-9H,10H2,1H3. The van der Waals surface area contributed by atoms with E-state index in [9.17, 15) is 4.79 Å². The summed E-state index contributed by atoms with van der Waals surface area (Å²) in [6, 6.07) is 12.5. The molecule has 1 aromatic heterocycles. The number of nitrogens with zero attached hydrogens (tertiary/aromatic N) is 1. The average molecular weight is 243 g/mol. The fourth-order valence-electron chi connectivity index (χ4n) is 1.49. The monoisotopic (exact) mass is 243 g/mol. The number of aromatic nitrogens is 1. The summed E-state index contributed by atoms with van der Waals surface area (Å²) in [6.07, 6.45) is 0.788. The van der Waals surface area contributed by atoms with E-state index in [2.05, 4.69) is 4.98 Å². The highest BCUT2D eigenvalue weighted by Gasteiger charge is 2.00. The highest BCUT2D eigenvalue weighted by molar-refractivity contribution is 5.75. The van der Waals surface area contributed by atoms with Crippen molar-refractivity contribution in [1.29, 1.82) is 0 Å². The summed E-state index contributed by atoms with van der Waals surface area (Å²) in [6.45, 7) is 0.333. The molecule has 18 heavy (non-hydrogen) atoms. The minimum atomic E-state index is 0.333. The molecule has 4 nitrogen and oxygen atoms in total. The second-order valence-electron chi connectivity index (χ2n) is 3.65. The lowest BCUT2D eigenvalue weighted by molar-refractivity contribution is 0.112. The molecule has 0 saturated heterocycles. The molecule has 0 N–H and O–H groups in total. The van der Waals surface area contributed by atoms with Crippen LogP contribution in [0, 0.1) is 0 Å². The molecular formula is C14H13NO3. The van der Waals surface area contributed by atoms with Crippen LogP contribution in [0.4, 0.5) is 0 Å². The first-order chi connectivity index (χ1) is 8.81. The van der Waals surface area contributed by atoms with Crippen LogP contribution >= 0.6 is 0 Å². The van der Waals surface area contributed by atoms with Gasteiger partial charge < -0.3 is 9.47 Å². The number of hydrogen-bond acceptors (Lipinski definition) is 4. The summed E-state index contributed by atoms with van der Waals surface area (Å²) in [5.41, 5.74) is 1.36. The maximum Gasteiger partial charge on any atom is 0.213 e. The van der Waals surface area contributed by atoms with Crippen LogP contribution in [0.15, 0.2) is 42.5 Å². The summed E-state index contributed by atoms with van der Waals surface area (Å²) >= 11 is 0. The van der Waals surface area contributed by atoms with Crippen LogP contribution in [0.2, 0.25) is 0 Å². The van der Waals surface area contributed by atoms with Gasteiger partial charge in [-0.05, 0) is 18.2 Å². The third kappa shape index (κ3) is 3.07. The van der Waals surface area contributed by atoms with Crippen LogP contribution in [0.3, 0.4) is 0 Å². The van der Waals surface area contributed by atoms with Crippen LogP contribution < -0.4 is 9.47 Å². The van der Waals surface area contributed by atoms with Crippen LogP contribution in [0.1, 0.15) is 16.1 Å². The van der Waals surface area contributed by atoms with Gasteiger partial charge in [0.1, 0.15) is 18.6 Å². The Morgan fingerprint density at radius 2 is 2.06 bits per heavy atom. The number of methoxy groups -OCH3 is 1. The number of carbonyl (C=O) groups excluding carboxylic acids is 1. The first-order valence-electron chi connectivity index (χ1n) is 5.50. The van der Waals surface area contributed by atoms with E-state index in [-0.39, 0.29) is 0 Å². The molecule has 0 amide bonds. The van der Waals surface area contributed by atoms with E-state index >= 15 is 0 Å². The van der Waals surface area contributed by atoms with Gasteiger partial charge in [-0.2, -0.15) is 0 Å². The number of pyridine rings is 1. The summed E-state index contributed by atoms with van der Waals surface area (Å²) in [5, 5.41) is 0. The summed E-state index contributed by atoms with van der Waals surface area (Å²) < 4.78 is 10.6. The molecule has 0 radical (unpaired) electrons. The second-order valence-corrected chi connectivity index (χ2v) is 3.65. The van der Waals surface area contributed by atoms with Crippen LogP contribution in [0.25, 0.3) is 0 Å². The van der Waals surface area contributed by atoms with Gasteiger partial charge in [0.2, 0.25) is 5.88 Å². The Kier molecular flexibility index (Phi) is 3.91. The Bertz CT molecular complexity index is 540. The zero-order valence-corrected chi connectivity index (χ0v) is 10.00. The highest BCUT2D eigenvalue weighted by atomic mass is 16.5. The first-order valence-corrected chi connectivity index (χ1v) is 5.50. The third-order valence-corrected chi connectivity index (χ3v) is 2.37. The van der Waals surface area contributed by atoms with E-state index in [0.29, 0.717) is 23.8 Å². The lowest BCUT2D eigenvalue weighted by atomic mass is 10.2. The molecule has 0 fully saturated rings. The normalized spacial score (nSPS) is 9.83. The Hall–Kier alpha value is -2.36. The number of rotatable bonds is 5. The topological polar surface area (TPSA) is 48.4 Å². The van der Waals surface area contributed by atoms with Crippen molar-refractivity contribution in [3.05, 3.63) is 53.7 Å².